The van der Waals surface area contributed by atoms with Gasteiger partial charge >= 0.3 is 12.1 Å². The highest BCUT2D eigenvalue weighted by Gasteiger charge is 2.09. The molecule has 1 amide bonds. The first kappa shape index (κ1) is 13.1. The molecule has 2 N–H and O–H groups in total. The molecule has 0 saturated heterocycles. The Morgan fingerprint density at radius 2 is 2.21 bits per heavy atom. The van der Waals surface area contributed by atoms with E-state index in [0.29, 0.717) is 5.69 Å². The van der Waals surface area contributed by atoms with E-state index in [4.69, 9.17) is 9.84 Å². The van der Waals surface area contributed by atoms with Crippen molar-refractivity contribution in [3.8, 4) is 0 Å². The van der Waals surface area contributed by atoms with Crippen molar-refractivity contribution >= 4 is 39.2 Å². The van der Waals surface area contributed by atoms with Crippen LogP contribution >= 0.6 is 11.3 Å². The van der Waals surface area contributed by atoms with Crippen LogP contribution in [0.5, 0.6) is 0 Å². The van der Waals surface area contributed by atoms with Crippen molar-refractivity contribution in [2.45, 2.75) is 0 Å². The van der Waals surface area contributed by atoms with E-state index in [2.05, 4.69) is 11.9 Å². The topological polar surface area (TPSA) is 75.6 Å². The highest BCUT2D eigenvalue weighted by Crippen LogP contribution is 2.28. The van der Waals surface area contributed by atoms with Gasteiger partial charge in [0, 0.05) is 10.4 Å². The van der Waals surface area contributed by atoms with Crippen LogP contribution in [0, 0.1) is 0 Å². The maximum atomic E-state index is 11.3. The standard InChI is InChI=1S/C13H11NO4S/c1-2-5-18-13(17)14-9-3-4-10-8(6-9)7-11(19-10)12(15)16/h2-4,6-7H,1,5H2,(H,14,17)(H,15,16). The number of nitrogens with one attached hydrogen (secondary N) is 1. The number of thiophene rings is 1. The summed E-state index contributed by atoms with van der Waals surface area (Å²) in [6.07, 6.45) is 0.897. The summed E-state index contributed by atoms with van der Waals surface area (Å²) in [6, 6.07) is 6.73. The third-order valence-electron chi connectivity index (χ3n) is 2.31. The number of aromatic carboxylic acids is 1. The minimum atomic E-state index is -0.957. The smallest absolute Gasteiger partial charge is 0.411 e. The van der Waals surface area contributed by atoms with Gasteiger partial charge < -0.3 is 9.84 Å². The van der Waals surface area contributed by atoms with Crippen molar-refractivity contribution in [1.82, 2.24) is 0 Å². The summed E-state index contributed by atoms with van der Waals surface area (Å²) in [5.74, 6) is -0.957. The van der Waals surface area contributed by atoms with Crippen LogP contribution in [-0.4, -0.2) is 23.8 Å². The molecule has 1 aromatic carbocycles. The molecule has 0 aliphatic carbocycles. The number of carboxylic acid groups (broad SMARTS) is 1. The van der Waals surface area contributed by atoms with Crippen molar-refractivity contribution in [3.05, 3.63) is 41.8 Å². The average Bonchev–Trinajstić information content (AvgIpc) is 2.79. The van der Waals surface area contributed by atoms with E-state index in [-0.39, 0.29) is 11.5 Å². The van der Waals surface area contributed by atoms with Crippen LogP contribution in [0.4, 0.5) is 10.5 Å². The zero-order valence-corrected chi connectivity index (χ0v) is 10.7. The third-order valence-corrected chi connectivity index (χ3v) is 3.41. The largest absolute Gasteiger partial charge is 0.477 e. The van der Waals surface area contributed by atoms with Crippen LogP contribution in [-0.2, 0) is 4.74 Å². The van der Waals surface area contributed by atoms with Crippen molar-refractivity contribution in [1.29, 1.82) is 0 Å². The Morgan fingerprint density at radius 1 is 1.42 bits per heavy atom. The van der Waals surface area contributed by atoms with E-state index >= 15 is 0 Å². The first-order chi connectivity index (χ1) is 9.10. The van der Waals surface area contributed by atoms with Gasteiger partial charge in [0.15, 0.2) is 0 Å². The number of fused-ring (bicyclic) bond motifs is 1. The molecule has 2 aromatic rings. The summed E-state index contributed by atoms with van der Waals surface area (Å²) in [5, 5.41) is 12.2. The Labute approximate surface area is 113 Å². The summed E-state index contributed by atoms with van der Waals surface area (Å²) >= 11 is 1.19. The lowest BCUT2D eigenvalue weighted by molar-refractivity contribution is 0.0702. The minimum Gasteiger partial charge on any atom is -0.477 e. The molecule has 1 aromatic heterocycles. The van der Waals surface area contributed by atoms with Gasteiger partial charge in [-0.1, -0.05) is 12.7 Å². The molecule has 0 radical (unpaired) electrons. The fourth-order valence-corrected chi connectivity index (χ4v) is 2.40. The first-order valence-corrected chi connectivity index (χ1v) is 6.23. The molecule has 6 heteroatoms. The van der Waals surface area contributed by atoms with Crippen LogP contribution in [0.1, 0.15) is 9.67 Å². The SMILES string of the molecule is C=CCOC(=O)Nc1ccc2sc(C(=O)O)cc2c1. The zero-order chi connectivity index (χ0) is 13.8. The Kier molecular flexibility index (Phi) is 3.82. The summed E-state index contributed by atoms with van der Waals surface area (Å²) < 4.78 is 5.64. The van der Waals surface area contributed by atoms with Crippen LogP contribution in [0.3, 0.4) is 0 Å². The number of carbonyl (C=O) groups is 2. The summed E-state index contributed by atoms with van der Waals surface area (Å²) in [5.41, 5.74) is 0.552. The van der Waals surface area contributed by atoms with Crippen LogP contribution in [0.15, 0.2) is 36.9 Å². The van der Waals surface area contributed by atoms with Crippen LogP contribution < -0.4 is 5.32 Å². The van der Waals surface area contributed by atoms with Gasteiger partial charge in [0.1, 0.15) is 11.5 Å². The van der Waals surface area contributed by atoms with E-state index in [0.717, 1.165) is 10.1 Å². The highest BCUT2D eigenvalue weighted by molar-refractivity contribution is 7.20. The van der Waals surface area contributed by atoms with Gasteiger partial charge in [-0.15, -0.1) is 11.3 Å². The van der Waals surface area contributed by atoms with E-state index in [1.54, 1.807) is 24.3 Å². The van der Waals surface area contributed by atoms with E-state index in [9.17, 15) is 9.59 Å². The van der Waals surface area contributed by atoms with Gasteiger partial charge in [-0.05, 0) is 29.7 Å². The molecule has 0 saturated carbocycles. The Balaban J connectivity index is 2.19. The molecular formula is C13H11NO4S. The summed E-state index contributed by atoms with van der Waals surface area (Å²) in [7, 11) is 0. The molecule has 0 aliphatic rings. The molecule has 0 unspecified atom stereocenters. The quantitative estimate of drug-likeness (QED) is 0.840. The molecule has 0 atom stereocenters. The van der Waals surface area contributed by atoms with E-state index < -0.39 is 12.1 Å². The highest BCUT2D eigenvalue weighted by atomic mass is 32.1. The summed E-state index contributed by atoms with van der Waals surface area (Å²) in [6.45, 7) is 3.58. The predicted octanol–water partition coefficient (Wildman–Crippen LogP) is 3.33. The van der Waals surface area contributed by atoms with Gasteiger partial charge in [0.25, 0.3) is 0 Å². The number of hydrogen-bond acceptors (Lipinski definition) is 4. The lowest BCUT2D eigenvalue weighted by Crippen LogP contribution is -2.13. The molecule has 0 bridgehead atoms. The lowest BCUT2D eigenvalue weighted by atomic mass is 10.2. The lowest BCUT2D eigenvalue weighted by Gasteiger charge is -2.04. The Bertz CT molecular complexity index is 647. The molecular weight excluding hydrogens is 266 g/mol. The van der Waals surface area contributed by atoms with Crippen molar-refractivity contribution in [2.24, 2.45) is 0 Å². The van der Waals surface area contributed by atoms with Crippen molar-refractivity contribution < 1.29 is 19.4 Å². The fraction of sp³-hybridized carbons (Fsp3) is 0.0769. The number of ether oxygens (including phenoxy) is 1. The van der Waals surface area contributed by atoms with Crippen molar-refractivity contribution in [3.63, 3.8) is 0 Å². The van der Waals surface area contributed by atoms with E-state index in [1.807, 2.05) is 0 Å². The van der Waals surface area contributed by atoms with Gasteiger partial charge in [-0.2, -0.15) is 0 Å². The molecule has 2 rings (SSSR count). The Hall–Kier alpha value is -2.34. The maximum Gasteiger partial charge on any atom is 0.411 e. The number of carboxylic acids is 1. The van der Waals surface area contributed by atoms with E-state index in [1.165, 1.54) is 17.4 Å². The van der Waals surface area contributed by atoms with Gasteiger partial charge in [0.2, 0.25) is 0 Å². The summed E-state index contributed by atoms with van der Waals surface area (Å²) in [4.78, 5) is 22.5. The normalized spacial score (nSPS) is 10.1. The number of carbonyl (C=O) groups excluding carboxylic acids is 1. The molecule has 0 aliphatic heterocycles. The second kappa shape index (κ2) is 5.53. The molecule has 0 fully saturated rings. The van der Waals surface area contributed by atoms with Gasteiger partial charge in [-0.3, -0.25) is 5.32 Å². The monoisotopic (exact) mass is 277 g/mol. The van der Waals surface area contributed by atoms with Crippen molar-refractivity contribution in [2.75, 3.05) is 11.9 Å². The molecule has 1 heterocycles. The van der Waals surface area contributed by atoms with Gasteiger partial charge in [-0.25, -0.2) is 9.59 Å². The molecule has 5 nitrogen and oxygen atoms in total. The third kappa shape index (κ3) is 3.11. The first-order valence-electron chi connectivity index (χ1n) is 5.41. The minimum absolute atomic E-state index is 0.135. The number of rotatable bonds is 4. The fourth-order valence-electron chi connectivity index (χ4n) is 1.52. The average molecular weight is 277 g/mol. The molecule has 19 heavy (non-hydrogen) atoms. The number of anilines is 1. The van der Waals surface area contributed by atoms with Crippen LogP contribution in [0.25, 0.3) is 10.1 Å². The van der Waals surface area contributed by atoms with Crippen LogP contribution in [0.2, 0.25) is 0 Å². The molecule has 0 spiro atoms. The molecule has 98 valence electrons. The maximum absolute atomic E-state index is 11.3. The Morgan fingerprint density at radius 3 is 2.89 bits per heavy atom. The number of hydrogen-bond donors (Lipinski definition) is 2. The number of amides is 1. The van der Waals surface area contributed by atoms with Gasteiger partial charge in [0.05, 0.1) is 0 Å². The second-order valence-corrected chi connectivity index (χ2v) is 4.76. The number of benzene rings is 1. The zero-order valence-electron chi connectivity index (χ0n) is 9.88. The predicted molar refractivity (Wildman–Crippen MR) is 74.0 cm³/mol. The second-order valence-electron chi connectivity index (χ2n) is 3.68.